The smallest absolute Gasteiger partial charge is 0.0640 e. The zero-order valence-electron chi connectivity index (χ0n) is 33.9. The molecule has 0 N–H and O–H groups in total. The minimum Gasteiger partial charge on any atom is -0.308 e. The molecule has 62 heavy (non-hydrogen) atoms. The Hall–Kier alpha value is -7.78. The van der Waals surface area contributed by atoms with Crippen molar-refractivity contribution in [3.05, 3.63) is 237 Å². The van der Waals surface area contributed by atoms with Crippen LogP contribution < -0.4 is 4.90 Å². The summed E-state index contributed by atoms with van der Waals surface area (Å²) in [5.41, 5.74) is 12.9. The summed E-state index contributed by atoms with van der Waals surface area (Å²) in [4.78, 5) is 2.51. The summed E-state index contributed by atoms with van der Waals surface area (Å²) in [7, 11) is 0. The number of thiophene rings is 1. The van der Waals surface area contributed by atoms with Gasteiger partial charge in [0.05, 0.1) is 16.1 Å². The van der Waals surface area contributed by atoms with Crippen molar-refractivity contribution in [1.82, 2.24) is 0 Å². The second kappa shape index (κ2) is 15.0. The highest BCUT2D eigenvalue weighted by molar-refractivity contribution is 7.27. The molecular formula is C60H39NS. The van der Waals surface area contributed by atoms with E-state index >= 15 is 0 Å². The molecule has 0 aliphatic carbocycles. The van der Waals surface area contributed by atoms with Gasteiger partial charge >= 0.3 is 0 Å². The zero-order chi connectivity index (χ0) is 41.0. The van der Waals surface area contributed by atoms with Crippen LogP contribution in [-0.2, 0) is 0 Å². The van der Waals surface area contributed by atoms with Crippen LogP contribution in [-0.4, -0.2) is 0 Å². The highest BCUT2D eigenvalue weighted by atomic mass is 32.1. The number of hydrogen-bond acceptors (Lipinski definition) is 2. The Balaban J connectivity index is 1.11. The lowest BCUT2D eigenvalue weighted by Gasteiger charge is -2.29. The number of hydrogen-bond donors (Lipinski definition) is 0. The van der Waals surface area contributed by atoms with E-state index < -0.39 is 0 Å². The molecule has 0 saturated heterocycles. The molecule has 0 aliphatic heterocycles. The average molecular weight is 806 g/mol. The second-order valence-electron chi connectivity index (χ2n) is 16.0. The molecule has 0 fully saturated rings. The van der Waals surface area contributed by atoms with Crippen molar-refractivity contribution < 1.29 is 0 Å². The van der Waals surface area contributed by atoms with Gasteiger partial charge in [0, 0.05) is 26.7 Å². The zero-order valence-corrected chi connectivity index (χ0v) is 34.7. The quantitative estimate of drug-likeness (QED) is 0.145. The maximum Gasteiger partial charge on any atom is 0.0640 e. The van der Waals surface area contributed by atoms with Crippen molar-refractivity contribution in [3.8, 4) is 44.5 Å². The summed E-state index contributed by atoms with van der Waals surface area (Å²) in [6.07, 6.45) is 0. The van der Waals surface area contributed by atoms with Crippen molar-refractivity contribution in [2.45, 2.75) is 0 Å². The fourth-order valence-electron chi connectivity index (χ4n) is 9.54. The minimum atomic E-state index is 1.10. The van der Waals surface area contributed by atoms with Crippen LogP contribution in [0, 0.1) is 0 Å². The van der Waals surface area contributed by atoms with Crippen molar-refractivity contribution in [1.29, 1.82) is 0 Å². The Morgan fingerprint density at radius 1 is 0.258 bits per heavy atom. The van der Waals surface area contributed by atoms with E-state index in [-0.39, 0.29) is 0 Å². The van der Waals surface area contributed by atoms with Gasteiger partial charge in [0.2, 0.25) is 0 Å². The van der Waals surface area contributed by atoms with Gasteiger partial charge in [-0.3, -0.25) is 0 Å². The van der Waals surface area contributed by atoms with Gasteiger partial charge in [0.15, 0.2) is 0 Å². The number of rotatable bonds is 7. The number of fused-ring (bicyclic) bond motifs is 8. The molecule has 0 amide bonds. The third kappa shape index (κ3) is 6.07. The van der Waals surface area contributed by atoms with Crippen LogP contribution in [0.15, 0.2) is 237 Å². The Morgan fingerprint density at radius 3 is 1.69 bits per heavy atom. The van der Waals surface area contributed by atoms with Crippen LogP contribution in [0.1, 0.15) is 0 Å². The topological polar surface area (TPSA) is 3.24 Å². The first-order valence-corrected chi connectivity index (χ1v) is 22.1. The number of benzene rings is 11. The third-order valence-corrected chi connectivity index (χ3v) is 13.7. The third-order valence-electron chi connectivity index (χ3n) is 12.4. The van der Waals surface area contributed by atoms with Gasteiger partial charge in [0.1, 0.15) is 0 Å². The fraction of sp³-hybridized carbons (Fsp3) is 0. The number of nitrogens with zero attached hydrogens (tertiary/aromatic N) is 1. The van der Waals surface area contributed by atoms with Crippen LogP contribution in [0.4, 0.5) is 17.1 Å². The van der Waals surface area contributed by atoms with E-state index in [4.69, 9.17) is 0 Å². The highest BCUT2D eigenvalue weighted by Crippen LogP contribution is 2.50. The van der Waals surface area contributed by atoms with E-state index in [1.165, 1.54) is 91.4 Å². The molecule has 1 nitrogen and oxygen atoms in total. The monoisotopic (exact) mass is 805 g/mol. The van der Waals surface area contributed by atoms with Crippen LogP contribution in [0.2, 0.25) is 0 Å². The molecule has 0 spiro atoms. The molecule has 1 heterocycles. The van der Waals surface area contributed by atoms with Gasteiger partial charge < -0.3 is 4.90 Å². The normalized spacial score (nSPS) is 11.5. The molecule has 0 unspecified atom stereocenters. The predicted molar refractivity (Wildman–Crippen MR) is 268 cm³/mol. The van der Waals surface area contributed by atoms with Crippen LogP contribution in [0.25, 0.3) is 97.0 Å². The van der Waals surface area contributed by atoms with E-state index in [9.17, 15) is 0 Å². The van der Waals surface area contributed by atoms with Gasteiger partial charge in [-0.2, -0.15) is 0 Å². The van der Waals surface area contributed by atoms with E-state index in [2.05, 4.69) is 241 Å². The molecule has 11 aromatic carbocycles. The van der Waals surface area contributed by atoms with Gasteiger partial charge in [-0.1, -0.05) is 200 Å². The van der Waals surface area contributed by atoms with Gasteiger partial charge in [-0.05, 0) is 108 Å². The largest absolute Gasteiger partial charge is 0.308 e. The highest BCUT2D eigenvalue weighted by Gasteiger charge is 2.23. The van der Waals surface area contributed by atoms with Crippen molar-refractivity contribution >= 4 is 80.9 Å². The fourth-order valence-corrected chi connectivity index (χ4v) is 10.9. The Kier molecular flexibility index (Phi) is 8.76. The van der Waals surface area contributed by atoms with Crippen molar-refractivity contribution in [3.63, 3.8) is 0 Å². The average Bonchev–Trinajstić information content (AvgIpc) is 3.75. The molecule has 0 aliphatic rings. The van der Waals surface area contributed by atoms with Gasteiger partial charge in [0.25, 0.3) is 0 Å². The minimum absolute atomic E-state index is 1.10. The molecule has 12 aromatic rings. The first kappa shape index (κ1) is 36.1. The number of anilines is 3. The predicted octanol–water partition coefficient (Wildman–Crippen LogP) is 17.7. The summed E-state index contributed by atoms with van der Waals surface area (Å²) in [6.45, 7) is 0. The van der Waals surface area contributed by atoms with E-state index in [1.54, 1.807) is 0 Å². The SMILES string of the molecule is c1ccc(-c2ccc(N(c3cccc(-c4ccccc4-c4cc5ccccc5c5ccccc45)c3)c3cccc4c3sc3c5ccccc5ccc43)c(-c3ccccc3)c2)cc1. The summed E-state index contributed by atoms with van der Waals surface area (Å²) in [5.74, 6) is 0. The summed E-state index contributed by atoms with van der Waals surface area (Å²) in [6, 6.07) is 86.8. The van der Waals surface area contributed by atoms with Crippen LogP contribution >= 0.6 is 11.3 Å². The van der Waals surface area contributed by atoms with E-state index in [0.717, 1.165) is 22.6 Å². The van der Waals surface area contributed by atoms with E-state index in [1.807, 2.05) is 11.3 Å². The summed E-state index contributed by atoms with van der Waals surface area (Å²) < 4.78 is 2.58. The van der Waals surface area contributed by atoms with E-state index in [0.29, 0.717) is 0 Å². The Bertz CT molecular complexity index is 3640. The molecule has 0 saturated carbocycles. The van der Waals surface area contributed by atoms with Crippen molar-refractivity contribution in [2.75, 3.05) is 4.90 Å². The van der Waals surface area contributed by atoms with Crippen molar-refractivity contribution in [2.24, 2.45) is 0 Å². The Morgan fingerprint density at radius 2 is 0.871 bits per heavy atom. The molecule has 0 radical (unpaired) electrons. The standard InChI is InChI=1S/C60H39NS/c1-3-17-40(18-4-1)43-34-36-57(55(38-43)41-19-5-2-6-20-41)61(58-32-16-31-53-54-35-33-42-21-7-10-27-49(42)59(54)62-60(53)58)46-24-15-23-44(37-46)47-26-11-12-29-51(47)56-39-45-22-8-9-25-48(45)50-28-13-14-30-52(50)56/h1-39H. The summed E-state index contributed by atoms with van der Waals surface area (Å²) in [5, 5.41) is 10.2. The van der Waals surface area contributed by atoms with Gasteiger partial charge in [-0.15, -0.1) is 11.3 Å². The first-order chi connectivity index (χ1) is 30.8. The molecule has 1 aromatic heterocycles. The van der Waals surface area contributed by atoms with Crippen LogP contribution in [0.3, 0.4) is 0 Å². The molecular weight excluding hydrogens is 767 g/mol. The summed E-state index contributed by atoms with van der Waals surface area (Å²) >= 11 is 1.90. The molecule has 0 bridgehead atoms. The Labute approximate surface area is 365 Å². The molecule has 0 atom stereocenters. The first-order valence-electron chi connectivity index (χ1n) is 21.3. The van der Waals surface area contributed by atoms with Crippen LogP contribution in [0.5, 0.6) is 0 Å². The molecule has 2 heteroatoms. The second-order valence-corrected chi connectivity index (χ2v) is 17.0. The molecule has 290 valence electrons. The maximum atomic E-state index is 2.51. The maximum absolute atomic E-state index is 2.51. The lowest BCUT2D eigenvalue weighted by atomic mass is 9.89. The lowest BCUT2D eigenvalue weighted by Crippen LogP contribution is -2.11. The lowest BCUT2D eigenvalue weighted by molar-refractivity contribution is 1.30. The molecule has 12 rings (SSSR count). The van der Waals surface area contributed by atoms with Gasteiger partial charge in [-0.25, -0.2) is 0 Å².